The maximum atomic E-state index is 14.2. The summed E-state index contributed by atoms with van der Waals surface area (Å²) in [4.78, 5) is 16.3. The molecule has 0 aromatic carbocycles. The number of nitrogens with zero attached hydrogens (tertiary/aromatic N) is 7. The first kappa shape index (κ1) is 18.4. The molecule has 28 heavy (non-hydrogen) atoms. The van der Waals surface area contributed by atoms with Crippen LogP contribution in [0.1, 0.15) is 11.4 Å². The number of rotatable bonds is 2. The molecule has 1 fully saturated rings. The molecule has 0 aliphatic carbocycles. The molecule has 7 nitrogen and oxygen atoms in total. The molecule has 1 aliphatic rings. The van der Waals surface area contributed by atoms with E-state index in [1.807, 2.05) is 4.90 Å². The van der Waals surface area contributed by atoms with Gasteiger partial charge < -0.3 is 9.80 Å². The molecule has 0 spiro atoms. The highest BCUT2D eigenvalue weighted by molar-refractivity contribution is 5.87. The summed E-state index contributed by atoms with van der Waals surface area (Å²) in [5.74, 6) is 0.314. The average molecular weight is 395 g/mol. The van der Waals surface area contributed by atoms with Crippen LogP contribution in [-0.2, 0) is 13.2 Å². The number of aromatic nitrogens is 5. The van der Waals surface area contributed by atoms with E-state index in [0.29, 0.717) is 44.3 Å². The Morgan fingerprint density at radius 1 is 0.964 bits per heavy atom. The number of fused-ring (bicyclic) bond motifs is 1. The number of piperazine rings is 1. The fraction of sp³-hybridized carbons (Fsp3) is 0.412. The van der Waals surface area contributed by atoms with Gasteiger partial charge in [0, 0.05) is 39.4 Å². The van der Waals surface area contributed by atoms with E-state index in [1.54, 1.807) is 29.7 Å². The van der Waals surface area contributed by atoms with Gasteiger partial charge in [-0.05, 0) is 13.0 Å². The molecule has 4 rings (SSSR count). The number of anilines is 2. The van der Waals surface area contributed by atoms with Gasteiger partial charge in [-0.1, -0.05) is 0 Å². The Balaban J connectivity index is 1.55. The minimum absolute atomic E-state index is 0.0713. The minimum atomic E-state index is -4.62. The Morgan fingerprint density at radius 2 is 1.61 bits per heavy atom. The van der Waals surface area contributed by atoms with Crippen molar-refractivity contribution in [3.63, 3.8) is 0 Å². The van der Waals surface area contributed by atoms with Gasteiger partial charge in [-0.2, -0.15) is 18.3 Å². The summed E-state index contributed by atoms with van der Waals surface area (Å²) in [5, 5.41) is 5.04. The van der Waals surface area contributed by atoms with E-state index in [9.17, 15) is 17.6 Å². The lowest BCUT2D eigenvalue weighted by atomic mass is 10.2. The summed E-state index contributed by atoms with van der Waals surface area (Å²) in [6.07, 6.45) is -2.25. The van der Waals surface area contributed by atoms with Crippen molar-refractivity contribution in [2.75, 3.05) is 36.0 Å². The lowest BCUT2D eigenvalue weighted by Gasteiger charge is -2.36. The molecular weight excluding hydrogens is 378 g/mol. The van der Waals surface area contributed by atoms with E-state index in [1.165, 1.54) is 0 Å². The van der Waals surface area contributed by atoms with Crippen LogP contribution in [0.15, 0.2) is 18.5 Å². The van der Waals surface area contributed by atoms with Gasteiger partial charge in [-0.15, -0.1) is 0 Å². The van der Waals surface area contributed by atoms with Crippen LogP contribution < -0.4 is 9.80 Å². The predicted octanol–water partition coefficient (Wildman–Crippen LogP) is 2.55. The van der Waals surface area contributed by atoms with Gasteiger partial charge >= 0.3 is 6.18 Å². The Hall–Kier alpha value is -2.98. The number of pyridine rings is 1. The summed E-state index contributed by atoms with van der Waals surface area (Å²) in [6.45, 7) is 3.64. The third-order valence-electron chi connectivity index (χ3n) is 4.71. The molecule has 0 bridgehead atoms. The molecular formula is C17H17F4N7. The van der Waals surface area contributed by atoms with Gasteiger partial charge in [0.1, 0.15) is 11.6 Å². The maximum Gasteiger partial charge on any atom is 0.417 e. The van der Waals surface area contributed by atoms with Crippen LogP contribution in [0.2, 0.25) is 0 Å². The normalized spacial score (nSPS) is 15.5. The third-order valence-corrected chi connectivity index (χ3v) is 4.71. The van der Waals surface area contributed by atoms with Crippen molar-refractivity contribution < 1.29 is 17.6 Å². The molecule has 0 unspecified atom stereocenters. The second-order valence-corrected chi connectivity index (χ2v) is 6.60. The van der Waals surface area contributed by atoms with Crippen LogP contribution in [-0.4, -0.2) is 50.9 Å². The van der Waals surface area contributed by atoms with Gasteiger partial charge in [0.15, 0.2) is 17.3 Å². The molecule has 1 saturated heterocycles. The Labute approximate surface area is 157 Å². The molecule has 0 radical (unpaired) electrons. The zero-order valence-corrected chi connectivity index (χ0v) is 15.2. The van der Waals surface area contributed by atoms with Crippen LogP contribution in [0.25, 0.3) is 11.0 Å². The molecule has 11 heteroatoms. The molecule has 0 saturated carbocycles. The lowest BCUT2D eigenvalue weighted by molar-refractivity contribution is -0.138. The molecule has 0 atom stereocenters. The zero-order chi connectivity index (χ0) is 20.1. The quantitative estimate of drug-likeness (QED) is 0.622. The standard InChI is InChI=1S/C17H17F4N7/c1-10-24-14-12(9-23-26(14)2)15(25-10)27-3-5-28(6-4-27)16-13(18)7-11(8-22-16)17(19,20)21/h7-9H,3-6H2,1-2H3. The summed E-state index contributed by atoms with van der Waals surface area (Å²) >= 11 is 0. The zero-order valence-electron chi connectivity index (χ0n) is 15.2. The average Bonchev–Trinajstić information content (AvgIpc) is 3.01. The van der Waals surface area contributed by atoms with Crippen molar-refractivity contribution in [3.8, 4) is 0 Å². The summed E-state index contributed by atoms with van der Waals surface area (Å²) in [7, 11) is 1.80. The summed E-state index contributed by atoms with van der Waals surface area (Å²) in [6, 6.07) is 0.488. The number of hydrogen-bond donors (Lipinski definition) is 0. The molecule has 148 valence electrons. The van der Waals surface area contributed by atoms with Crippen LogP contribution in [0.5, 0.6) is 0 Å². The number of halogens is 4. The lowest BCUT2D eigenvalue weighted by Crippen LogP contribution is -2.47. The highest BCUT2D eigenvalue weighted by Crippen LogP contribution is 2.31. The number of hydrogen-bond acceptors (Lipinski definition) is 6. The van der Waals surface area contributed by atoms with Crippen molar-refractivity contribution >= 4 is 22.7 Å². The summed E-state index contributed by atoms with van der Waals surface area (Å²) < 4.78 is 54.0. The Morgan fingerprint density at radius 3 is 2.21 bits per heavy atom. The van der Waals surface area contributed by atoms with E-state index in [2.05, 4.69) is 20.1 Å². The van der Waals surface area contributed by atoms with Crippen molar-refractivity contribution in [3.05, 3.63) is 35.7 Å². The van der Waals surface area contributed by atoms with E-state index in [0.717, 1.165) is 16.9 Å². The first-order chi connectivity index (χ1) is 13.2. The molecule has 0 amide bonds. The van der Waals surface area contributed by atoms with Crippen LogP contribution in [0, 0.1) is 12.7 Å². The molecule has 4 heterocycles. The van der Waals surface area contributed by atoms with Gasteiger partial charge in [0.2, 0.25) is 0 Å². The Bertz CT molecular complexity index is 1020. The third kappa shape index (κ3) is 3.20. The molecule has 1 aliphatic heterocycles. The second-order valence-electron chi connectivity index (χ2n) is 6.60. The molecule has 3 aromatic heterocycles. The van der Waals surface area contributed by atoms with Crippen LogP contribution in [0.3, 0.4) is 0 Å². The highest BCUT2D eigenvalue weighted by atomic mass is 19.4. The monoisotopic (exact) mass is 395 g/mol. The molecule has 3 aromatic rings. The van der Waals surface area contributed by atoms with Gasteiger partial charge in [-0.3, -0.25) is 4.68 Å². The van der Waals surface area contributed by atoms with Gasteiger partial charge in [-0.25, -0.2) is 19.3 Å². The van der Waals surface area contributed by atoms with Crippen molar-refractivity contribution in [2.24, 2.45) is 7.05 Å². The first-order valence-corrected chi connectivity index (χ1v) is 8.63. The maximum absolute atomic E-state index is 14.2. The van der Waals surface area contributed by atoms with E-state index in [4.69, 9.17) is 0 Å². The Kier molecular flexibility index (Phi) is 4.31. The van der Waals surface area contributed by atoms with Crippen LogP contribution in [0.4, 0.5) is 29.2 Å². The first-order valence-electron chi connectivity index (χ1n) is 8.63. The SMILES string of the molecule is Cc1nc(N2CCN(c3ncc(C(F)(F)F)cc3F)CC2)c2cnn(C)c2n1. The largest absolute Gasteiger partial charge is 0.417 e. The van der Waals surface area contributed by atoms with E-state index >= 15 is 0 Å². The van der Waals surface area contributed by atoms with E-state index in [-0.39, 0.29) is 5.82 Å². The number of alkyl halides is 3. The fourth-order valence-electron chi connectivity index (χ4n) is 3.30. The van der Waals surface area contributed by atoms with Gasteiger partial charge in [0.05, 0.1) is 17.1 Å². The highest BCUT2D eigenvalue weighted by Gasteiger charge is 2.33. The second kappa shape index (κ2) is 6.57. The van der Waals surface area contributed by atoms with Crippen molar-refractivity contribution in [1.82, 2.24) is 24.7 Å². The van der Waals surface area contributed by atoms with Crippen molar-refractivity contribution in [2.45, 2.75) is 13.1 Å². The van der Waals surface area contributed by atoms with E-state index < -0.39 is 17.6 Å². The molecule has 0 N–H and O–H groups in total. The smallest absolute Gasteiger partial charge is 0.352 e. The predicted molar refractivity (Wildman–Crippen MR) is 94.7 cm³/mol. The summed E-state index contributed by atoms with van der Waals surface area (Å²) in [5.41, 5.74) is -0.372. The topological polar surface area (TPSA) is 63.0 Å². The fourth-order valence-corrected chi connectivity index (χ4v) is 3.30. The minimum Gasteiger partial charge on any atom is -0.352 e. The van der Waals surface area contributed by atoms with Crippen LogP contribution >= 0.6 is 0 Å². The number of aryl methyl sites for hydroxylation is 2. The van der Waals surface area contributed by atoms with Crippen molar-refractivity contribution in [1.29, 1.82) is 0 Å². The van der Waals surface area contributed by atoms with Gasteiger partial charge in [0.25, 0.3) is 0 Å².